The maximum Gasteiger partial charge on any atom is 0.415 e. The molecular weight excluding hydrogens is 364 g/mol. The molecule has 0 spiro atoms. The first-order valence-electron chi connectivity index (χ1n) is 11.3. The van der Waals surface area contributed by atoms with Crippen molar-refractivity contribution in [2.45, 2.75) is 96.9 Å². The summed E-state index contributed by atoms with van der Waals surface area (Å²) in [4.78, 5) is 0. The highest BCUT2D eigenvalue weighted by molar-refractivity contribution is 6.52. The van der Waals surface area contributed by atoms with E-state index in [2.05, 4.69) is 57.2 Å². The Labute approximate surface area is 180 Å². The third kappa shape index (κ3) is 5.50. The van der Waals surface area contributed by atoms with Gasteiger partial charge in [0.25, 0.3) is 0 Å². The molecule has 0 N–H and O–H groups in total. The Hall–Kier alpha value is -0.730. The predicted octanol–water partition coefficient (Wildman–Crippen LogP) is 2.33. The molecule has 0 aliphatic carbocycles. The van der Waals surface area contributed by atoms with Crippen LogP contribution in [-0.4, -0.2) is 31.4 Å². The fourth-order valence-electron chi connectivity index (χ4n) is 4.78. The van der Waals surface area contributed by atoms with Crippen molar-refractivity contribution >= 4 is 42.3 Å². The van der Waals surface area contributed by atoms with Gasteiger partial charge < -0.3 is 0 Å². The smallest absolute Gasteiger partial charge is 0.166 e. The summed E-state index contributed by atoms with van der Waals surface area (Å²) in [5.41, 5.74) is 2.41. The van der Waals surface area contributed by atoms with Crippen LogP contribution in [0.3, 0.4) is 0 Å². The number of unbranched alkanes of at least 4 members (excludes halogenated alkanes) is 2. The van der Waals surface area contributed by atoms with Gasteiger partial charge in [-0.05, 0) is 35.3 Å². The Morgan fingerprint density at radius 2 is 1.34 bits per heavy atom. The van der Waals surface area contributed by atoms with E-state index in [4.69, 9.17) is 0 Å². The Morgan fingerprint density at radius 1 is 0.793 bits per heavy atom. The van der Waals surface area contributed by atoms with Crippen molar-refractivity contribution in [1.29, 1.82) is 0 Å². The molecule has 7 heteroatoms. The van der Waals surface area contributed by atoms with Crippen molar-refractivity contribution in [3.05, 3.63) is 22.8 Å². The van der Waals surface area contributed by atoms with Crippen molar-refractivity contribution in [3.8, 4) is 0 Å². The molecule has 0 unspecified atom stereocenters. The van der Waals surface area contributed by atoms with Crippen LogP contribution in [0.1, 0.15) is 96.8 Å². The molecule has 0 aliphatic rings. The number of alkyl halides is 3. The number of halogens is 3. The van der Waals surface area contributed by atoms with Crippen LogP contribution in [0.15, 0.2) is 6.07 Å². The minimum atomic E-state index is -4.33. The molecule has 1 aromatic rings. The Kier molecular flexibility index (Phi) is 8.33. The van der Waals surface area contributed by atoms with E-state index < -0.39 is 11.7 Å². The first kappa shape index (κ1) is 26.3. The molecule has 29 heavy (non-hydrogen) atoms. The van der Waals surface area contributed by atoms with Gasteiger partial charge in [-0.15, -0.1) is 0 Å². The van der Waals surface area contributed by atoms with Gasteiger partial charge in [-0.25, -0.2) is 0 Å². The van der Waals surface area contributed by atoms with E-state index in [0.29, 0.717) is 5.46 Å². The van der Waals surface area contributed by atoms with E-state index in [1.165, 1.54) is 6.07 Å². The quantitative estimate of drug-likeness (QED) is 0.438. The Morgan fingerprint density at radius 3 is 1.79 bits per heavy atom. The van der Waals surface area contributed by atoms with Crippen molar-refractivity contribution in [2.75, 3.05) is 0 Å². The van der Waals surface area contributed by atoms with Crippen LogP contribution in [0.25, 0.3) is 0 Å². The van der Waals surface area contributed by atoms with Crippen LogP contribution in [0.2, 0.25) is 0 Å². The maximum atomic E-state index is 13.9. The zero-order valence-electron chi connectivity index (χ0n) is 20.5. The standard InChI is InChI=1S/C22H39B4F3/c1-7-9-10-12-19(3,4)14-13-15(22(27,28)29)17(23)18(24)16(14)21(25,26)20(5,6)11-8-2/h13H,7-12,23-26H2,1-6H3. The van der Waals surface area contributed by atoms with Gasteiger partial charge in [0.05, 0.1) is 0 Å². The van der Waals surface area contributed by atoms with E-state index in [9.17, 15) is 13.2 Å². The molecule has 0 saturated carbocycles. The summed E-state index contributed by atoms with van der Waals surface area (Å²) in [7, 11) is 7.99. The normalized spacial score (nSPS) is 13.7. The minimum absolute atomic E-state index is 0.0209. The van der Waals surface area contributed by atoms with E-state index >= 15 is 0 Å². The van der Waals surface area contributed by atoms with Gasteiger partial charge in [0.2, 0.25) is 0 Å². The van der Waals surface area contributed by atoms with Crippen LogP contribution in [0.5, 0.6) is 0 Å². The largest absolute Gasteiger partial charge is 0.415 e. The highest BCUT2D eigenvalue weighted by Gasteiger charge is 2.43. The van der Waals surface area contributed by atoms with Crippen molar-refractivity contribution in [3.63, 3.8) is 0 Å². The van der Waals surface area contributed by atoms with Crippen LogP contribution in [0, 0.1) is 5.41 Å². The van der Waals surface area contributed by atoms with E-state index in [1.54, 1.807) is 7.85 Å². The molecule has 0 fully saturated rings. The van der Waals surface area contributed by atoms with Crippen molar-refractivity contribution < 1.29 is 13.2 Å². The second kappa shape index (κ2) is 9.18. The monoisotopic (exact) mass is 404 g/mol. The third-order valence-corrected chi connectivity index (χ3v) is 7.53. The van der Waals surface area contributed by atoms with E-state index in [-0.39, 0.29) is 16.0 Å². The fourth-order valence-corrected chi connectivity index (χ4v) is 4.78. The lowest BCUT2D eigenvalue weighted by Crippen LogP contribution is -2.51. The lowest BCUT2D eigenvalue weighted by Gasteiger charge is -2.47. The van der Waals surface area contributed by atoms with Gasteiger partial charge in [-0.2, -0.15) is 13.2 Å². The molecule has 0 aliphatic heterocycles. The van der Waals surface area contributed by atoms with E-state index in [1.807, 2.05) is 7.85 Å². The van der Waals surface area contributed by atoms with Crippen LogP contribution in [-0.2, 0) is 16.8 Å². The van der Waals surface area contributed by atoms with Gasteiger partial charge in [-0.1, -0.05) is 88.9 Å². The molecule has 0 heterocycles. The summed E-state index contributed by atoms with van der Waals surface area (Å²) in [5.74, 6) is 0. The number of benzene rings is 1. The predicted molar refractivity (Wildman–Crippen MR) is 132 cm³/mol. The topological polar surface area (TPSA) is 0 Å². The van der Waals surface area contributed by atoms with Crippen LogP contribution in [0.4, 0.5) is 13.2 Å². The average molecular weight is 404 g/mol. The van der Waals surface area contributed by atoms with Crippen LogP contribution < -0.4 is 10.9 Å². The van der Waals surface area contributed by atoms with Gasteiger partial charge in [0.15, 0.2) is 0 Å². The Bertz CT molecular complexity index is 707. The molecule has 0 atom stereocenters. The summed E-state index contributed by atoms with van der Waals surface area (Å²) in [6.07, 6.45) is 1.93. The molecule has 0 nitrogen and oxygen atoms in total. The summed E-state index contributed by atoms with van der Waals surface area (Å²) in [6.45, 7) is 13.1. The highest BCUT2D eigenvalue weighted by Crippen LogP contribution is 2.45. The fraction of sp³-hybridized carbons (Fsp3) is 0.727. The SMILES string of the molecule is Bc1c(C(F)(F)F)cc(C(C)(C)CCCCC)c(C(B)(B)C(C)(C)CCC)c1B. The average Bonchev–Trinajstić information content (AvgIpc) is 2.55. The molecule has 160 valence electrons. The zero-order valence-corrected chi connectivity index (χ0v) is 20.5. The molecule has 1 aromatic carbocycles. The van der Waals surface area contributed by atoms with Crippen molar-refractivity contribution in [1.82, 2.24) is 0 Å². The first-order chi connectivity index (χ1) is 13.0. The molecule has 0 saturated heterocycles. The second-order valence-corrected chi connectivity index (χ2v) is 10.7. The van der Waals surface area contributed by atoms with Crippen molar-refractivity contribution in [2.24, 2.45) is 5.41 Å². The highest BCUT2D eigenvalue weighted by atomic mass is 19.4. The number of hydrogen-bond donors (Lipinski definition) is 0. The summed E-state index contributed by atoms with van der Waals surface area (Å²) in [5, 5.41) is -0.237. The Balaban J connectivity index is 3.85. The lowest BCUT2D eigenvalue weighted by atomic mass is 9.37. The molecule has 0 radical (unpaired) electrons. The molecule has 0 bridgehead atoms. The summed E-state index contributed by atoms with van der Waals surface area (Å²) in [6, 6.07) is 1.48. The maximum absolute atomic E-state index is 13.9. The molecule has 1 rings (SSSR count). The molecule has 0 amide bonds. The number of rotatable bonds is 9. The summed E-state index contributed by atoms with van der Waals surface area (Å²) < 4.78 is 41.7. The van der Waals surface area contributed by atoms with Gasteiger partial charge in [0, 0.05) is 5.56 Å². The van der Waals surface area contributed by atoms with Gasteiger partial charge in [0.1, 0.15) is 31.4 Å². The van der Waals surface area contributed by atoms with Gasteiger partial charge in [-0.3, -0.25) is 0 Å². The zero-order chi connectivity index (χ0) is 22.8. The minimum Gasteiger partial charge on any atom is -0.166 e. The molecule has 0 aromatic heterocycles. The van der Waals surface area contributed by atoms with Gasteiger partial charge >= 0.3 is 6.18 Å². The second-order valence-electron chi connectivity index (χ2n) is 10.7. The molecular formula is C22H39B4F3. The van der Waals surface area contributed by atoms with E-state index in [0.717, 1.165) is 55.1 Å². The summed E-state index contributed by atoms with van der Waals surface area (Å²) >= 11 is 0. The first-order valence-corrected chi connectivity index (χ1v) is 11.3. The lowest BCUT2D eigenvalue weighted by molar-refractivity contribution is -0.136. The van der Waals surface area contributed by atoms with Crippen LogP contribution >= 0.6 is 0 Å². The third-order valence-electron chi connectivity index (χ3n) is 7.53. The number of hydrogen-bond acceptors (Lipinski definition) is 0.